The number of rotatable bonds is 12. The second-order valence-electron chi connectivity index (χ2n) is 8.11. The molecule has 0 aliphatic heterocycles. The van der Waals surface area contributed by atoms with E-state index < -0.39 is 0 Å². The van der Waals surface area contributed by atoms with Crippen molar-refractivity contribution in [1.82, 2.24) is 0 Å². The zero-order chi connectivity index (χ0) is 20.8. The Labute approximate surface area is 195 Å². The molecule has 0 atom stereocenters. The molecule has 30 heavy (non-hydrogen) atoms. The number of carbonyl (C=O) groups excluding carboxylic acids is 1. The Kier molecular flexibility index (Phi) is 7.97. The van der Waals surface area contributed by atoms with E-state index in [9.17, 15) is 4.79 Å². The van der Waals surface area contributed by atoms with Gasteiger partial charge in [-0.3, -0.25) is 4.79 Å². The second kappa shape index (κ2) is 10.9. The highest BCUT2D eigenvalue weighted by Gasteiger charge is 2.14. The molecule has 0 saturated heterocycles. The summed E-state index contributed by atoms with van der Waals surface area (Å²) >= 11 is 7.18. The van der Waals surface area contributed by atoms with E-state index in [1.165, 1.54) is 80.9 Å². The summed E-state index contributed by atoms with van der Waals surface area (Å²) < 4.78 is 5.32. The minimum absolute atomic E-state index is 0.299. The van der Waals surface area contributed by atoms with Crippen LogP contribution in [0, 0.1) is 0 Å². The van der Waals surface area contributed by atoms with Crippen LogP contribution in [-0.4, -0.2) is 11.1 Å². The number of halogens is 1. The molecule has 0 saturated carbocycles. The number of hydrogen-bond acceptors (Lipinski definition) is 3. The first-order valence-electron chi connectivity index (χ1n) is 11.2. The first kappa shape index (κ1) is 22.0. The zero-order valence-electron chi connectivity index (χ0n) is 17.4. The van der Waals surface area contributed by atoms with Crippen molar-refractivity contribution < 1.29 is 4.79 Å². The highest BCUT2D eigenvalue weighted by Crippen LogP contribution is 2.44. The summed E-state index contributed by atoms with van der Waals surface area (Å²) in [5.74, 6) is 0.299. The Bertz CT molecular complexity index is 1120. The fourth-order valence-electron chi connectivity index (χ4n) is 4.14. The minimum atomic E-state index is 0.299. The lowest BCUT2D eigenvalue weighted by Gasteiger charge is -2.03. The summed E-state index contributed by atoms with van der Waals surface area (Å²) in [4.78, 5) is 12.7. The molecule has 0 spiro atoms. The average Bonchev–Trinajstić information content (AvgIpc) is 3.30. The predicted molar refractivity (Wildman–Crippen MR) is 139 cm³/mol. The second-order valence-corrected chi connectivity index (χ2v) is 11.0. The number of alkyl halides is 1. The molecule has 0 aliphatic rings. The van der Waals surface area contributed by atoms with Crippen molar-refractivity contribution >= 4 is 74.0 Å². The maximum Gasteiger partial charge on any atom is 0.162 e. The van der Waals surface area contributed by atoms with Crippen LogP contribution < -0.4 is 0 Å². The van der Waals surface area contributed by atoms with Gasteiger partial charge in [-0.2, -0.15) is 0 Å². The van der Waals surface area contributed by atoms with Gasteiger partial charge in [0.2, 0.25) is 0 Å². The monoisotopic (exact) mass is 500 g/mol. The van der Waals surface area contributed by atoms with E-state index >= 15 is 0 Å². The van der Waals surface area contributed by atoms with Gasteiger partial charge >= 0.3 is 0 Å². The van der Waals surface area contributed by atoms with E-state index in [2.05, 4.69) is 52.3 Å². The zero-order valence-corrected chi connectivity index (χ0v) is 20.6. The van der Waals surface area contributed by atoms with Crippen LogP contribution in [0.3, 0.4) is 0 Å². The maximum absolute atomic E-state index is 12.7. The van der Waals surface area contributed by atoms with Crippen molar-refractivity contribution in [2.45, 2.75) is 64.2 Å². The molecule has 1 nitrogen and oxygen atoms in total. The van der Waals surface area contributed by atoms with Gasteiger partial charge in [-0.15, -0.1) is 22.7 Å². The largest absolute Gasteiger partial charge is 0.294 e. The topological polar surface area (TPSA) is 17.1 Å². The van der Waals surface area contributed by atoms with Crippen molar-refractivity contribution in [3.8, 4) is 0 Å². The van der Waals surface area contributed by atoms with Gasteiger partial charge in [-0.25, -0.2) is 0 Å². The lowest BCUT2D eigenvalue weighted by atomic mass is 10.0. The van der Waals surface area contributed by atoms with Gasteiger partial charge in [-0.1, -0.05) is 91.2 Å². The summed E-state index contributed by atoms with van der Waals surface area (Å²) in [5, 5.41) is 3.77. The Hall–Kier alpha value is -1.23. The van der Waals surface area contributed by atoms with Gasteiger partial charge in [0, 0.05) is 37.5 Å². The molecular formula is C26H29BrOS2. The van der Waals surface area contributed by atoms with Crippen molar-refractivity contribution in [2.24, 2.45) is 0 Å². The van der Waals surface area contributed by atoms with E-state index in [1.54, 1.807) is 0 Å². The van der Waals surface area contributed by atoms with Crippen LogP contribution in [0.2, 0.25) is 0 Å². The van der Waals surface area contributed by atoms with Crippen molar-refractivity contribution in [1.29, 1.82) is 0 Å². The Morgan fingerprint density at radius 2 is 1.30 bits per heavy atom. The fraction of sp³-hybridized carbons (Fsp3) is 0.423. The molecule has 0 bridgehead atoms. The van der Waals surface area contributed by atoms with Gasteiger partial charge in [0.05, 0.1) is 9.40 Å². The van der Waals surface area contributed by atoms with Crippen molar-refractivity contribution in [3.05, 3.63) is 48.0 Å². The molecule has 0 fully saturated rings. The van der Waals surface area contributed by atoms with Gasteiger partial charge in [-0.05, 0) is 25.0 Å². The van der Waals surface area contributed by atoms with E-state index in [0.717, 1.165) is 17.3 Å². The number of benzene rings is 2. The maximum atomic E-state index is 12.7. The van der Waals surface area contributed by atoms with Gasteiger partial charge in [0.15, 0.2) is 5.78 Å². The van der Waals surface area contributed by atoms with E-state index in [0.29, 0.717) is 12.2 Å². The third-order valence-electron chi connectivity index (χ3n) is 5.85. The van der Waals surface area contributed by atoms with Crippen LogP contribution in [0.15, 0.2) is 42.5 Å². The number of unbranched alkanes of at least 4 members (excludes halogenated alkanes) is 8. The number of carbonyl (C=O) groups is 1. The SMILES string of the molecule is O=C(CCCCCCCCCCCBr)c1ccc2c(c1)sc1c3ccccc3sc21. The molecule has 4 heteroatoms. The fourth-order valence-corrected chi connectivity index (χ4v) is 7.23. The molecule has 4 aromatic rings. The highest BCUT2D eigenvalue weighted by atomic mass is 79.9. The van der Waals surface area contributed by atoms with E-state index in [-0.39, 0.29) is 0 Å². The van der Waals surface area contributed by atoms with Crippen LogP contribution in [0.4, 0.5) is 0 Å². The van der Waals surface area contributed by atoms with Gasteiger partial charge in [0.1, 0.15) is 0 Å². The summed E-state index contributed by atoms with van der Waals surface area (Å²) in [6.45, 7) is 0. The number of thiophene rings is 2. The quantitative estimate of drug-likeness (QED) is 0.107. The average molecular weight is 502 g/mol. The lowest BCUT2D eigenvalue weighted by Crippen LogP contribution is -1.98. The van der Waals surface area contributed by atoms with Crippen LogP contribution in [0.5, 0.6) is 0 Å². The Morgan fingerprint density at radius 3 is 2.03 bits per heavy atom. The predicted octanol–water partition coefficient (Wildman–Crippen LogP) is 9.75. The molecule has 0 radical (unpaired) electrons. The van der Waals surface area contributed by atoms with Crippen LogP contribution in [0.25, 0.3) is 29.6 Å². The summed E-state index contributed by atoms with van der Waals surface area (Å²) in [5.41, 5.74) is 0.882. The van der Waals surface area contributed by atoms with E-state index in [1.807, 2.05) is 28.7 Å². The molecule has 0 amide bonds. The third-order valence-corrected chi connectivity index (χ3v) is 8.93. The molecule has 158 valence electrons. The molecule has 2 heterocycles. The molecule has 4 rings (SSSR count). The normalized spacial score (nSPS) is 11.8. The molecule has 2 aromatic carbocycles. The number of ketones is 1. The Balaban J connectivity index is 1.28. The van der Waals surface area contributed by atoms with Crippen LogP contribution >= 0.6 is 38.6 Å². The summed E-state index contributed by atoms with van der Waals surface area (Å²) in [6.07, 6.45) is 12.2. The summed E-state index contributed by atoms with van der Waals surface area (Å²) in [7, 11) is 0. The third kappa shape index (κ3) is 5.15. The van der Waals surface area contributed by atoms with Gasteiger partial charge in [0.25, 0.3) is 0 Å². The lowest BCUT2D eigenvalue weighted by molar-refractivity contribution is 0.0979. The van der Waals surface area contributed by atoms with Crippen molar-refractivity contribution in [3.63, 3.8) is 0 Å². The molecule has 0 aliphatic carbocycles. The molecular weight excluding hydrogens is 472 g/mol. The van der Waals surface area contributed by atoms with Crippen LogP contribution in [-0.2, 0) is 0 Å². The van der Waals surface area contributed by atoms with Gasteiger partial charge < -0.3 is 0 Å². The van der Waals surface area contributed by atoms with Crippen LogP contribution in [0.1, 0.15) is 74.6 Å². The first-order chi connectivity index (χ1) is 14.8. The molecule has 0 unspecified atom stereocenters. The number of hydrogen-bond donors (Lipinski definition) is 0. The minimum Gasteiger partial charge on any atom is -0.294 e. The highest BCUT2D eigenvalue weighted by molar-refractivity contribution is 9.09. The summed E-state index contributed by atoms with van der Waals surface area (Å²) in [6, 6.07) is 14.9. The van der Waals surface area contributed by atoms with E-state index in [4.69, 9.17) is 0 Å². The Morgan fingerprint density at radius 1 is 0.700 bits per heavy atom. The number of fused-ring (bicyclic) bond motifs is 5. The molecule has 0 N–H and O–H groups in total. The standard InChI is InChI=1S/C26H29BrOS2/c27-17-11-7-5-3-1-2-4-6-8-13-22(28)19-15-16-21-24(18-19)30-25-20-12-9-10-14-23(20)29-26(21)25/h9-10,12,14-16,18H,1-8,11,13,17H2. The van der Waals surface area contributed by atoms with Crippen molar-refractivity contribution in [2.75, 3.05) is 5.33 Å². The smallest absolute Gasteiger partial charge is 0.162 e. The molecule has 2 aromatic heterocycles. The number of Topliss-reactive ketones (excluding diaryl/α,β-unsaturated/α-hetero) is 1. The first-order valence-corrected chi connectivity index (χ1v) is 14.0.